The van der Waals surface area contributed by atoms with Crippen LogP contribution in [0.4, 0.5) is 0 Å². The van der Waals surface area contributed by atoms with Gasteiger partial charge in [-0.25, -0.2) is 14.6 Å². The number of hydrogen-bond acceptors (Lipinski definition) is 8. The molecule has 0 spiro atoms. The number of aryl methyl sites for hydroxylation is 1. The molecule has 13 nitrogen and oxygen atoms in total. The zero-order valence-electron chi connectivity index (χ0n) is 25.5. The number of carboxylic acids is 1. The number of ether oxygens (including phenoxy) is 3. The molecule has 3 aromatic rings. The fourth-order valence-corrected chi connectivity index (χ4v) is 4.05. The largest absolute Gasteiger partial charge is 0.492 e. The number of quaternary nitrogens is 1. The highest BCUT2D eigenvalue weighted by Gasteiger charge is 2.19. The lowest BCUT2D eigenvalue weighted by molar-refractivity contribution is -0.409. The maximum atomic E-state index is 12.6. The number of guanidine groups is 1. The molecule has 1 aromatic heterocycles. The normalized spacial score (nSPS) is 11.8. The molecule has 0 radical (unpaired) electrons. The van der Waals surface area contributed by atoms with Crippen molar-refractivity contribution in [2.24, 2.45) is 16.5 Å². The van der Waals surface area contributed by atoms with Crippen molar-refractivity contribution in [2.75, 3.05) is 26.9 Å². The third-order valence-corrected chi connectivity index (χ3v) is 6.38. The number of aromatic nitrogens is 2. The van der Waals surface area contributed by atoms with E-state index in [1.54, 1.807) is 10.6 Å². The van der Waals surface area contributed by atoms with Crippen molar-refractivity contribution in [3.8, 4) is 17.0 Å². The van der Waals surface area contributed by atoms with Gasteiger partial charge < -0.3 is 36.5 Å². The molecular formula is C31H43N6O7+. The summed E-state index contributed by atoms with van der Waals surface area (Å²) in [6.07, 6.45) is 0.928. The number of hydrogen-bond donors (Lipinski definition) is 4. The van der Waals surface area contributed by atoms with Gasteiger partial charge in [0.1, 0.15) is 18.2 Å². The van der Waals surface area contributed by atoms with Gasteiger partial charge in [0, 0.05) is 37.6 Å². The predicted molar refractivity (Wildman–Crippen MR) is 166 cm³/mol. The highest BCUT2D eigenvalue weighted by Crippen LogP contribution is 2.16. The van der Waals surface area contributed by atoms with Gasteiger partial charge in [-0.15, -0.1) is 0 Å². The van der Waals surface area contributed by atoms with Crippen LogP contribution in [0.1, 0.15) is 31.2 Å². The van der Waals surface area contributed by atoms with Gasteiger partial charge >= 0.3 is 11.9 Å². The van der Waals surface area contributed by atoms with Crippen molar-refractivity contribution in [1.82, 2.24) is 9.55 Å². The van der Waals surface area contributed by atoms with Gasteiger partial charge in [-0.05, 0) is 38.0 Å². The molecule has 0 aliphatic carbocycles. The van der Waals surface area contributed by atoms with Gasteiger partial charge in [0.25, 0.3) is 5.56 Å². The number of methoxy groups -OCH3 is 1. The van der Waals surface area contributed by atoms with E-state index in [0.29, 0.717) is 62.8 Å². The summed E-state index contributed by atoms with van der Waals surface area (Å²) in [5, 5.41) is 8.44. The Morgan fingerprint density at radius 1 is 1.11 bits per heavy atom. The van der Waals surface area contributed by atoms with E-state index in [1.807, 2.05) is 68.4 Å². The van der Waals surface area contributed by atoms with Crippen LogP contribution in [0.2, 0.25) is 0 Å². The molecule has 2 atom stereocenters. The van der Waals surface area contributed by atoms with Gasteiger partial charge in [-0.3, -0.25) is 14.4 Å². The van der Waals surface area contributed by atoms with Crippen LogP contribution in [0, 0.1) is 6.92 Å². The van der Waals surface area contributed by atoms with Crippen molar-refractivity contribution in [1.29, 1.82) is 0 Å². The van der Waals surface area contributed by atoms with E-state index in [2.05, 4.69) is 15.7 Å². The van der Waals surface area contributed by atoms with Crippen LogP contribution in [0.15, 0.2) is 70.5 Å². The summed E-state index contributed by atoms with van der Waals surface area (Å²) >= 11 is 0. The Hall–Kier alpha value is -4.75. The third kappa shape index (κ3) is 12.2. The minimum Gasteiger partial charge on any atom is -0.492 e. The average Bonchev–Trinajstić information content (AvgIpc) is 3.01. The van der Waals surface area contributed by atoms with E-state index >= 15 is 0 Å². The number of aliphatic carboxylic acids is 1. The van der Waals surface area contributed by atoms with Crippen molar-refractivity contribution in [2.45, 2.75) is 51.8 Å². The number of nitrogens with zero attached hydrogens (tertiary/aromatic N) is 3. The summed E-state index contributed by atoms with van der Waals surface area (Å²) in [5.41, 5.74) is 16.0. The van der Waals surface area contributed by atoms with E-state index in [0.717, 1.165) is 11.1 Å². The summed E-state index contributed by atoms with van der Waals surface area (Å²) < 4.78 is 17.6. The average molecular weight is 612 g/mol. The number of rotatable bonds is 15. The fourth-order valence-electron chi connectivity index (χ4n) is 4.05. The Kier molecular flexibility index (Phi) is 15.1. The quantitative estimate of drug-likeness (QED) is 0.0834. The second kappa shape index (κ2) is 18.7. The van der Waals surface area contributed by atoms with E-state index in [9.17, 15) is 14.4 Å². The van der Waals surface area contributed by atoms with Gasteiger partial charge in [-0.1, -0.05) is 42.5 Å². The zero-order chi connectivity index (χ0) is 32.5. The second-order valence-corrected chi connectivity index (χ2v) is 9.69. The van der Waals surface area contributed by atoms with Gasteiger partial charge in [0.05, 0.1) is 19.3 Å². The molecule has 3 rings (SSSR count). The Bertz CT molecular complexity index is 1410. The Morgan fingerprint density at radius 2 is 1.80 bits per heavy atom. The van der Waals surface area contributed by atoms with Gasteiger partial charge in [0.2, 0.25) is 0 Å². The number of nitrogens with two attached hydrogens (primary N) is 2. The van der Waals surface area contributed by atoms with E-state index < -0.39 is 18.1 Å². The number of carbonyl (C=O) groups is 2. The minimum absolute atomic E-state index is 0.0333. The molecule has 0 saturated carbocycles. The monoisotopic (exact) mass is 611 g/mol. The molecule has 0 fully saturated rings. The van der Waals surface area contributed by atoms with Crippen molar-refractivity contribution >= 4 is 17.9 Å². The SMILES string of the molecule is CCOC(Cc1ccc(OCCn2c(C)nc(-c3ccccc3)cc2=O)cc1)C(=O)OC.NC(N)=NCCCC([NH3+])C(=O)O. The van der Waals surface area contributed by atoms with Crippen LogP contribution in [0.5, 0.6) is 5.75 Å². The molecule has 13 heteroatoms. The van der Waals surface area contributed by atoms with Crippen molar-refractivity contribution in [3.05, 3.63) is 82.4 Å². The minimum atomic E-state index is -0.889. The first-order chi connectivity index (χ1) is 21.0. The zero-order valence-corrected chi connectivity index (χ0v) is 25.5. The number of benzene rings is 2. The van der Waals surface area contributed by atoms with Crippen LogP contribution in [-0.4, -0.2) is 71.6 Å². The lowest BCUT2D eigenvalue weighted by Crippen LogP contribution is -2.64. The highest BCUT2D eigenvalue weighted by molar-refractivity contribution is 5.75. The van der Waals surface area contributed by atoms with Crippen molar-refractivity contribution in [3.63, 3.8) is 0 Å². The Morgan fingerprint density at radius 3 is 2.36 bits per heavy atom. The smallest absolute Gasteiger partial charge is 0.362 e. The molecule has 0 bridgehead atoms. The molecular weight excluding hydrogens is 568 g/mol. The molecule has 2 aromatic carbocycles. The summed E-state index contributed by atoms with van der Waals surface area (Å²) in [6, 6.07) is 18.1. The highest BCUT2D eigenvalue weighted by atomic mass is 16.6. The number of esters is 1. The van der Waals surface area contributed by atoms with E-state index in [1.165, 1.54) is 7.11 Å². The molecule has 8 N–H and O–H groups in total. The van der Waals surface area contributed by atoms with E-state index in [-0.39, 0.29) is 17.5 Å². The molecule has 1 heterocycles. The molecule has 238 valence electrons. The van der Waals surface area contributed by atoms with E-state index in [4.69, 9.17) is 30.8 Å². The summed E-state index contributed by atoms with van der Waals surface area (Å²) in [5.74, 6) is 0.0740. The van der Waals surface area contributed by atoms with Gasteiger partial charge in [0.15, 0.2) is 18.1 Å². The first-order valence-corrected chi connectivity index (χ1v) is 14.2. The Labute approximate surface area is 256 Å². The number of carbonyl (C=O) groups excluding carboxylic acids is 1. The predicted octanol–water partition coefficient (Wildman–Crippen LogP) is 1.15. The first kappa shape index (κ1) is 35.4. The number of carboxylic acid groups (broad SMARTS) is 1. The Balaban J connectivity index is 0.000000477. The maximum Gasteiger partial charge on any atom is 0.362 e. The molecule has 0 saturated heterocycles. The maximum absolute atomic E-state index is 12.6. The van der Waals surface area contributed by atoms with Gasteiger partial charge in [-0.2, -0.15) is 0 Å². The van der Waals surface area contributed by atoms with Crippen LogP contribution in [-0.2, 0) is 32.0 Å². The summed E-state index contributed by atoms with van der Waals surface area (Å²) in [6.45, 7) is 5.27. The molecule has 0 amide bonds. The lowest BCUT2D eigenvalue weighted by atomic mass is 10.1. The molecule has 0 aliphatic rings. The van der Waals surface area contributed by atoms with Crippen LogP contribution in [0.3, 0.4) is 0 Å². The lowest BCUT2D eigenvalue weighted by Gasteiger charge is -2.15. The standard InChI is InChI=1S/C25H28N2O5.C6H14N4O2/c1-4-31-23(25(29)30-3)16-19-10-12-21(13-11-19)32-15-14-27-18(2)26-22(17-24(27)28)20-8-6-5-7-9-20;7-4(5(11)12)2-1-3-10-6(8)9/h5-13,17,23H,4,14-16H2,1-3H3;4H,1-3,7H2,(H,11,12)(H4,8,9,10)/p+1. The summed E-state index contributed by atoms with van der Waals surface area (Å²) in [4.78, 5) is 42.9. The summed E-state index contributed by atoms with van der Waals surface area (Å²) in [7, 11) is 1.35. The van der Waals surface area contributed by atoms with Crippen LogP contribution >= 0.6 is 0 Å². The molecule has 0 aliphatic heterocycles. The third-order valence-electron chi connectivity index (χ3n) is 6.38. The van der Waals surface area contributed by atoms with Crippen LogP contribution in [0.25, 0.3) is 11.3 Å². The molecule has 44 heavy (non-hydrogen) atoms. The van der Waals surface area contributed by atoms with Crippen molar-refractivity contribution < 1.29 is 34.6 Å². The van der Waals surface area contributed by atoms with Crippen LogP contribution < -0.4 is 27.5 Å². The molecule has 2 unspecified atom stereocenters. The first-order valence-electron chi connectivity index (χ1n) is 14.2. The topological polar surface area (TPSA) is 209 Å². The number of aliphatic imine (C=N–C) groups is 1. The fraction of sp³-hybridized carbons (Fsp3) is 0.387. The second-order valence-electron chi connectivity index (χ2n) is 9.69.